The van der Waals surface area contributed by atoms with E-state index in [2.05, 4.69) is 32.5 Å². The molecule has 1 aromatic rings. The number of halogens is 1. The molecule has 0 saturated carbocycles. The molecule has 0 unspecified atom stereocenters. The van der Waals surface area contributed by atoms with Crippen molar-refractivity contribution in [2.75, 3.05) is 12.4 Å². The molecule has 4 heteroatoms. The van der Waals surface area contributed by atoms with Gasteiger partial charge in [0.1, 0.15) is 5.75 Å². The molecule has 84 valence electrons. The third-order valence-corrected chi connectivity index (χ3v) is 2.26. The summed E-state index contributed by atoms with van der Waals surface area (Å²) in [7, 11) is 1.31. The Labute approximate surface area is 103 Å². The Morgan fingerprint density at radius 1 is 1.56 bits per heavy atom. The fourth-order valence-corrected chi connectivity index (χ4v) is 1.28. The third-order valence-electron chi connectivity index (χ3n) is 1.86. The minimum atomic E-state index is -0.441. The van der Waals surface area contributed by atoms with Gasteiger partial charge in [-0.3, -0.25) is 0 Å². The van der Waals surface area contributed by atoms with Crippen molar-refractivity contribution in [2.45, 2.75) is 6.42 Å². The summed E-state index contributed by atoms with van der Waals surface area (Å²) in [5.41, 5.74) is 0.812. The number of ether oxygens (including phenoxy) is 1. The van der Waals surface area contributed by atoms with E-state index in [0.717, 1.165) is 5.33 Å². The molecule has 1 rings (SSSR count). The summed E-state index contributed by atoms with van der Waals surface area (Å²) in [6.07, 6.45) is 0.682. The number of phenolic OH excluding ortho intramolecular Hbond substituents is 1. The Balaban J connectivity index is 3.01. The SMILES string of the molecule is COC(=O)c1ccc(O)c(C#CCCBr)c1. The molecule has 0 aliphatic carbocycles. The molecule has 0 spiro atoms. The van der Waals surface area contributed by atoms with Gasteiger partial charge in [-0.15, -0.1) is 0 Å². The zero-order chi connectivity index (χ0) is 12.0. The van der Waals surface area contributed by atoms with E-state index in [4.69, 9.17) is 0 Å². The van der Waals surface area contributed by atoms with E-state index in [1.165, 1.54) is 25.3 Å². The first kappa shape index (κ1) is 12.6. The summed E-state index contributed by atoms with van der Waals surface area (Å²) in [5, 5.41) is 10.3. The predicted molar refractivity (Wildman–Crippen MR) is 64.7 cm³/mol. The van der Waals surface area contributed by atoms with Crippen LogP contribution >= 0.6 is 15.9 Å². The van der Waals surface area contributed by atoms with Gasteiger partial charge in [-0.1, -0.05) is 27.8 Å². The quantitative estimate of drug-likeness (QED) is 0.514. The van der Waals surface area contributed by atoms with Crippen molar-refractivity contribution in [3.8, 4) is 17.6 Å². The highest BCUT2D eigenvalue weighted by molar-refractivity contribution is 9.09. The van der Waals surface area contributed by atoms with Crippen LogP contribution in [0.1, 0.15) is 22.3 Å². The Hall–Kier alpha value is -1.47. The number of carbonyl (C=O) groups is 1. The topological polar surface area (TPSA) is 46.5 Å². The van der Waals surface area contributed by atoms with Crippen LogP contribution in [0.15, 0.2) is 18.2 Å². The van der Waals surface area contributed by atoms with Gasteiger partial charge in [-0.2, -0.15) is 0 Å². The molecule has 0 radical (unpaired) electrons. The van der Waals surface area contributed by atoms with E-state index in [0.29, 0.717) is 17.5 Å². The van der Waals surface area contributed by atoms with Crippen molar-refractivity contribution in [3.05, 3.63) is 29.3 Å². The molecule has 0 bridgehead atoms. The molecule has 0 aromatic heterocycles. The standard InChI is InChI=1S/C12H11BrO3/c1-16-12(15)10-5-6-11(14)9(8-10)4-2-3-7-13/h5-6,8,14H,3,7H2,1H3. The van der Waals surface area contributed by atoms with Gasteiger partial charge in [0, 0.05) is 11.8 Å². The monoisotopic (exact) mass is 282 g/mol. The number of esters is 1. The van der Waals surface area contributed by atoms with Crippen LogP contribution in [0, 0.1) is 11.8 Å². The molecule has 0 atom stereocenters. The lowest BCUT2D eigenvalue weighted by molar-refractivity contribution is 0.0600. The number of alkyl halides is 1. The lowest BCUT2D eigenvalue weighted by Crippen LogP contribution is -2.01. The van der Waals surface area contributed by atoms with E-state index < -0.39 is 5.97 Å². The van der Waals surface area contributed by atoms with E-state index in [9.17, 15) is 9.90 Å². The first-order chi connectivity index (χ1) is 7.69. The van der Waals surface area contributed by atoms with Crippen LogP contribution in [-0.4, -0.2) is 23.5 Å². The highest BCUT2D eigenvalue weighted by atomic mass is 79.9. The first-order valence-corrected chi connectivity index (χ1v) is 5.77. The average molecular weight is 283 g/mol. The van der Waals surface area contributed by atoms with Crippen molar-refractivity contribution in [1.82, 2.24) is 0 Å². The maximum atomic E-state index is 11.2. The van der Waals surface area contributed by atoms with Crippen molar-refractivity contribution in [1.29, 1.82) is 0 Å². The predicted octanol–water partition coefficient (Wildman–Crippen LogP) is 2.32. The Morgan fingerprint density at radius 3 is 2.94 bits per heavy atom. The number of aromatic hydroxyl groups is 1. The number of phenols is 1. The van der Waals surface area contributed by atoms with Gasteiger partial charge < -0.3 is 9.84 Å². The zero-order valence-corrected chi connectivity index (χ0v) is 10.4. The number of carbonyl (C=O) groups excluding carboxylic acids is 1. The van der Waals surface area contributed by atoms with E-state index in [1.54, 1.807) is 0 Å². The van der Waals surface area contributed by atoms with Crippen LogP contribution < -0.4 is 0 Å². The number of benzene rings is 1. The Kier molecular flexibility index (Phi) is 4.87. The van der Waals surface area contributed by atoms with Crippen molar-refractivity contribution < 1.29 is 14.6 Å². The van der Waals surface area contributed by atoms with Crippen molar-refractivity contribution in [3.63, 3.8) is 0 Å². The van der Waals surface area contributed by atoms with Gasteiger partial charge in [0.05, 0.1) is 18.2 Å². The molecule has 3 nitrogen and oxygen atoms in total. The minimum absolute atomic E-state index is 0.0646. The normalized spacial score (nSPS) is 9.12. The number of methoxy groups -OCH3 is 1. The minimum Gasteiger partial charge on any atom is -0.507 e. The molecule has 0 aliphatic heterocycles. The second-order valence-electron chi connectivity index (χ2n) is 2.96. The van der Waals surface area contributed by atoms with Gasteiger partial charge in [0.25, 0.3) is 0 Å². The van der Waals surface area contributed by atoms with Crippen molar-refractivity contribution in [2.24, 2.45) is 0 Å². The van der Waals surface area contributed by atoms with E-state index in [1.807, 2.05) is 0 Å². The Morgan fingerprint density at radius 2 is 2.31 bits per heavy atom. The third kappa shape index (κ3) is 3.28. The molecule has 0 saturated heterocycles. The average Bonchev–Trinajstić information content (AvgIpc) is 2.31. The fourth-order valence-electron chi connectivity index (χ4n) is 1.09. The second kappa shape index (κ2) is 6.19. The maximum absolute atomic E-state index is 11.2. The largest absolute Gasteiger partial charge is 0.507 e. The highest BCUT2D eigenvalue weighted by Gasteiger charge is 2.07. The van der Waals surface area contributed by atoms with Gasteiger partial charge >= 0.3 is 5.97 Å². The second-order valence-corrected chi connectivity index (χ2v) is 3.76. The Bertz CT molecular complexity index is 443. The molecule has 1 aromatic carbocycles. The smallest absolute Gasteiger partial charge is 0.337 e. The summed E-state index contributed by atoms with van der Waals surface area (Å²) in [6.45, 7) is 0. The van der Waals surface area contributed by atoms with Gasteiger partial charge in [0.15, 0.2) is 0 Å². The summed E-state index contributed by atoms with van der Waals surface area (Å²) in [6, 6.07) is 4.45. The summed E-state index contributed by atoms with van der Waals surface area (Å²) in [4.78, 5) is 11.2. The number of hydrogen-bond acceptors (Lipinski definition) is 3. The highest BCUT2D eigenvalue weighted by Crippen LogP contribution is 2.17. The lowest BCUT2D eigenvalue weighted by Gasteiger charge is -2.01. The van der Waals surface area contributed by atoms with E-state index in [-0.39, 0.29) is 5.75 Å². The first-order valence-electron chi connectivity index (χ1n) is 4.65. The zero-order valence-electron chi connectivity index (χ0n) is 8.79. The van der Waals surface area contributed by atoms with Gasteiger partial charge in [0.2, 0.25) is 0 Å². The molecule has 0 amide bonds. The van der Waals surface area contributed by atoms with Gasteiger partial charge in [-0.25, -0.2) is 4.79 Å². The number of rotatable bonds is 2. The fraction of sp³-hybridized carbons (Fsp3) is 0.250. The van der Waals surface area contributed by atoms with Crippen LogP contribution in [0.2, 0.25) is 0 Å². The molecule has 0 fully saturated rings. The maximum Gasteiger partial charge on any atom is 0.337 e. The summed E-state index contributed by atoms with van der Waals surface area (Å²) in [5.74, 6) is 5.29. The molecular formula is C12H11BrO3. The van der Waals surface area contributed by atoms with Crippen LogP contribution in [0.3, 0.4) is 0 Å². The summed E-state index contributed by atoms with van der Waals surface area (Å²) < 4.78 is 4.58. The summed E-state index contributed by atoms with van der Waals surface area (Å²) >= 11 is 3.25. The van der Waals surface area contributed by atoms with Crippen LogP contribution in [0.25, 0.3) is 0 Å². The van der Waals surface area contributed by atoms with Crippen LogP contribution in [0.4, 0.5) is 0 Å². The van der Waals surface area contributed by atoms with Crippen LogP contribution in [0.5, 0.6) is 5.75 Å². The molecular weight excluding hydrogens is 272 g/mol. The van der Waals surface area contributed by atoms with Gasteiger partial charge in [-0.05, 0) is 18.2 Å². The molecule has 0 aliphatic rings. The molecule has 16 heavy (non-hydrogen) atoms. The van der Waals surface area contributed by atoms with E-state index >= 15 is 0 Å². The lowest BCUT2D eigenvalue weighted by atomic mass is 10.1. The number of hydrogen-bond donors (Lipinski definition) is 1. The molecule has 0 heterocycles. The van der Waals surface area contributed by atoms with Crippen molar-refractivity contribution >= 4 is 21.9 Å². The van der Waals surface area contributed by atoms with Crippen LogP contribution in [-0.2, 0) is 4.74 Å². The molecule has 1 N–H and O–H groups in total.